The smallest absolute Gasteiger partial charge is 0.244 e. The van der Waals surface area contributed by atoms with Gasteiger partial charge in [-0.15, -0.1) is 0 Å². The zero-order chi connectivity index (χ0) is 13.9. The number of aromatic nitrogens is 1. The second-order valence-corrected chi connectivity index (χ2v) is 7.17. The number of nitrogens with zero attached hydrogens (tertiary/aromatic N) is 2. The molecule has 0 spiro atoms. The molecule has 0 saturated carbocycles. The quantitative estimate of drug-likeness (QED) is 0.846. The minimum atomic E-state index is -3.48. The average molecular weight is 292 g/mol. The van der Waals surface area contributed by atoms with Crippen LogP contribution in [0.2, 0.25) is 0 Å². The first kappa shape index (κ1) is 15.6. The van der Waals surface area contributed by atoms with Crippen LogP contribution in [0.25, 0.3) is 0 Å². The van der Waals surface area contributed by atoms with Crippen molar-refractivity contribution in [3.63, 3.8) is 0 Å². The molecule has 0 aliphatic heterocycles. The lowest BCUT2D eigenvalue weighted by Crippen LogP contribution is -2.36. The van der Waals surface area contributed by atoms with E-state index in [1.165, 1.54) is 16.6 Å². The molecule has 0 amide bonds. The highest BCUT2D eigenvalue weighted by atomic mass is 32.2. The van der Waals surface area contributed by atoms with Crippen LogP contribution in [-0.2, 0) is 23.7 Å². The Morgan fingerprint density at radius 1 is 1.56 bits per heavy atom. The zero-order valence-corrected chi connectivity index (χ0v) is 12.8. The predicted octanol–water partition coefficient (Wildman–Crippen LogP) is 0.889. The molecule has 1 heterocycles. The molecule has 1 unspecified atom stereocenters. The number of aryl methyl sites for hydroxylation is 1. The van der Waals surface area contributed by atoms with Crippen molar-refractivity contribution in [2.75, 3.05) is 19.1 Å². The van der Waals surface area contributed by atoms with E-state index in [2.05, 4.69) is 0 Å². The Bertz CT molecular complexity index is 496. The highest BCUT2D eigenvalue weighted by Crippen LogP contribution is 2.20. The molecule has 1 atom stereocenters. The molecule has 1 N–H and O–H groups in total. The minimum Gasteiger partial charge on any atom is -0.390 e. The molecular weight excluding hydrogens is 272 g/mol. The van der Waals surface area contributed by atoms with Crippen molar-refractivity contribution in [1.82, 2.24) is 8.87 Å². The van der Waals surface area contributed by atoms with Gasteiger partial charge in [0.25, 0.3) is 0 Å². The molecule has 1 aromatic heterocycles. The summed E-state index contributed by atoms with van der Waals surface area (Å²) in [4.78, 5) is 0.226. The monoisotopic (exact) mass is 292 g/mol. The molecular formula is C11H20N2O3S2. The second kappa shape index (κ2) is 6.10. The van der Waals surface area contributed by atoms with Crippen LogP contribution >= 0.6 is 11.8 Å². The summed E-state index contributed by atoms with van der Waals surface area (Å²) in [7, 11) is -0.181. The summed E-state index contributed by atoms with van der Waals surface area (Å²) in [5.74, 6) is 0.745. The molecule has 5 nitrogen and oxygen atoms in total. The summed E-state index contributed by atoms with van der Waals surface area (Å²) in [5, 5.41) is 9.10. The Hall–Kier alpha value is -0.500. The highest BCUT2D eigenvalue weighted by Gasteiger charge is 2.26. The van der Waals surface area contributed by atoms with E-state index in [0.29, 0.717) is 5.69 Å². The average Bonchev–Trinajstić information content (AvgIpc) is 2.70. The zero-order valence-electron chi connectivity index (χ0n) is 11.1. The van der Waals surface area contributed by atoms with Gasteiger partial charge >= 0.3 is 0 Å². The van der Waals surface area contributed by atoms with E-state index < -0.39 is 10.0 Å². The van der Waals surface area contributed by atoms with Crippen molar-refractivity contribution in [3.8, 4) is 0 Å². The van der Waals surface area contributed by atoms with E-state index in [-0.39, 0.29) is 17.5 Å². The van der Waals surface area contributed by atoms with E-state index in [1.807, 2.05) is 13.2 Å². The van der Waals surface area contributed by atoms with Crippen LogP contribution in [0.15, 0.2) is 17.2 Å². The van der Waals surface area contributed by atoms with Crippen molar-refractivity contribution in [1.29, 1.82) is 0 Å². The van der Waals surface area contributed by atoms with Gasteiger partial charge in [0, 0.05) is 37.8 Å². The number of hydrogen-bond acceptors (Lipinski definition) is 4. The fourth-order valence-corrected chi connectivity index (χ4v) is 3.88. The Morgan fingerprint density at radius 2 is 2.17 bits per heavy atom. The lowest BCUT2D eigenvalue weighted by Gasteiger charge is -2.22. The van der Waals surface area contributed by atoms with Gasteiger partial charge in [-0.1, -0.05) is 0 Å². The van der Waals surface area contributed by atoms with Crippen LogP contribution in [-0.4, -0.2) is 47.5 Å². The van der Waals surface area contributed by atoms with Crippen molar-refractivity contribution in [2.45, 2.75) is 24.5 Å². The summed E-state index contributed by atoms with van der Waals surface area (Å²) in [6.45, 7) is 1.71. The fraction of sp³-hybridized carbons (Fsp3) is 0.636. The number of rotatable bonds is 6. The molecule has 1 aromatic rings. The highest BCUT2D eigenvalue weighted by molar-refractivity contribution is 7.98. The first-order chi connectivity index (χ1) is 8.34. The first-order valence-electron chi connectivity index (χ1n) is 5.57. The Morgan fingerprint density at radius 3 is 2.61 bits per heavy atom. The summed E-state index contributed by atoms with van der Waals surface area (Å²) in [6, 6.07) is 1.44. The minimum absolute atomic E-state index is 0.0669. The maximum Gasteiger partial charge on any atom is 0.244 e. The van der Waals surface area contributed by atoms with E-state index in [9.17, 15) is 8.42 Å². The third-order valence-corrected chi connectivity index (χ3v) is 5.70. The number of thioether (sulfide) groups is 1. The SMILES string of the molecule is CSCC(C)N(C)S(=O)(=O)c1cc(CO)n(C)c1. The largest absolute Gasteiger partial charge is 0.390 e. The van der Waals surface area contributed by atoms with E-state index in [4.69, 9.17) is 5.11 Å². The van der Waals surface area contributed by atoms with Crippen molar-refractivity contribution in [3.05, 3.63) is 18.0 Å². The van der Waals surface area contributed by atoms with Crippen LogP contribution in [0.3, 0.4) is 0 Å². The second-order valence-electron chi connectivity index (χ2n) is 4.26. The summed E-state index contributed by atoms with van der Waals surface area (Å²) in [6.07, 6.45) is 3.48. The van der Waals surface area contributed by atoms with Crippen molar-refractivity contribution in [2.24, 2.45) is 7.05 Å². The van der Waals surface area contributed by atoms with Crippen LogP contribution in [0.5, 0.6) is 0 Å². The number of hydrogen-bond donors (Lipinski definition) is 1. The molecule has 0 bridgehead atoms. The van der Waals surface area contributed by atoms with Crippen molar-refractivity contribution < 1.29 is 13.5 Å². The fourth-order valence-electron chi connectivity index (χ4n) is 1.62. The van der Waals surface area contributed by atoms with Gasteiger partial charge in [-0.05, 0) is 19.2 Å². The topological polar surface area (TPSA) is 62.5 Å². The van der Waals surface area contributed by atoms with Gasteiger partial charge in [0.15, 0.2) is 0 Å². The Balaban J connectivity index is 3.05. The third kappa shape index (κ3) is 3.09. The molecule has 0 saturated heterocycles. The van der Waals surface area contributed by atoms with Crippen LogP contribution in [0, 0.1) is 0 Å². The van der Waals surface area contributed by atoms with Gasteiger partial charge in [-0.3, -0.25) is 0 Å². The molecule has 0 aliphatic rings. The summed E-state index contributed by atoms with van der Waals surface area (Å²) in [5.41, 5.74) is 0.583. The van der Waals surface area contributed by atoms with Crippen LogP contribution < -0.4 is 0 Å². The maximum absolute atomic E-state index is 12.4. The number of aliphatic hydroxyl groups excluding tert-OH is 1. The molecule has 18 heavy (non-hydrogen) atoms. The molecule has 0 aliphatic carbocycles. The number of aliphatic hydroxyl groups is 1. The summed E-state index contributed by atoms with van der Waals surface area (Å²) >= 11 is 1.61. The van der Waals surface area contributed by atoms with Gasteiger partial charge in [0.2, 0.25) is 10.0 Å². The Labute approximate surface area is 113 Å². The lowest BCUT2D eigenvalue weighted by molar-refractivity contribution is 0.272. The van der Waals surface area contributed by atoms with Gasteiger partial charge in [0.1, 0.15) is 4.90 Å². The predicted molar refractivity (Wildman–Crippen MR) is 74.1 cm³/mol. The van der Waals surface area contributed by atoms with E-state index in [1.54, 1.807) is 30.4 Å². The van der Waals surface area contributed by atoms with E-state index >= 15 is 0 Å². The normalized spacial score (nSPS) is 14.1. The van der Waals surface area contributed by atoms with Gasteiger partial charge in [-0.25, -0.2) is 8.42 Å². The molecule has 7 heteroatoms. The van der Waals surface area contributed by atoms with Crippen LogP contribution in [0.4, 0.5) is 0 Å². The molecule has 104 valence electrons. The third-order valence-electron chi connectivity index (χ3n) is 2.95. The van der Waals surface area contributed by atoms with Crippen LogP contribution in [0.1, 0.15) is 12.6 Å². The Kier molecular flexibility index (Phi) is 5.27. The van der Waals surface area contributed by atoms with Gasteiger partial charge in [0.05, 0.1) is 6.61 Å². The molecule has 1 rings (SSSR count). The molecule has 0 aromatic carbocycles. The molecule has 0 radical (unpaired) electrons. The summed E-state index contributed by atoms with van der Waals surface area (Å²) < 4.78 is 27.7. The standard InChI is InChI=1S/C11H20N2O3S2/c1-9(8-17-4)13(3)18(15,16)11-5-10(7-14)12(2)6-11/h5-6,9,14H,7-8H2,1-4H3. The van der Waals surface area contributed by atoms with Gasteiger partial charge in [-0.2, -0.15) is 16.1 Å². The van der Waals surface area contributed by atoms with E-state index in [0.717, 1.165) is 5.75 Å². The lowest BCUT2D eigenvalue weighted by atomic mass is 10.4. The van der Waals surface area contributed by atoms with Crippen molar-refractivity contribution >= 4 is 21.8 Å². The number of sulfonamides is 1. The first-order valence-corrected chi connectivity index (χ1v) is 8.41. The maximum atomic E-state index is 12.4. The molecule has 0 fully saturated rings. The van der Waals surface area contributed by atoms with Gasteiger partial charge < -0.3 is 9.67 Å².